The Balaban J connectivity index is 2.84. The predicted molar refractivity (Wildman–Crippen MR) is 97.9 cm³/mol. The summed E-state index contributed by atoms with van der Waals surface area (Å²) < 4.78 is 0. The molecule has 1 saturated heterocycles. The Morgan fingerprint density at radius 3 is 2.37 bits per heavy atom. The zero-order chi connectivity index (χ0) is 20.4. The molecule has 2 amide bonds. The molecule has 154 valence electrons. The lowest BCUT2D eigenvalue weighted by atomic mass is 10.0. The molecule has 0 spiro atoms. The number of hydrogen-bond acceptors (Lipinski definition) is 5. The summed E-state index contributed by atoms with van der Waals surface area (Å²) in [5, 5.41) is 21.6. The third-order valence-corrected chi connectivity index (χ3v) is 4.85. The van der Waals surface area contributed by atoms with Gasteiger partial charge >= 0.3 is 11.9 Å². The number of amides is 2. The van der Waals surface area contributed by atoms with Crippen molar-refractivity contribution in [2.45, 2.75) is 82.8 Å². The number of likely N-dealkylation sites (tertiary alicyclic amines) is 1. The second-order valence-electron chi connectivity index (χ2n) is 6.99. The average Bonchev–Trinajstić information content (AvgIpc) is 3.09. The topological polar surface area (TPSA) is 150 Å². The molecule has 1 fully saturated rings. The van der Waals surface area contributed by atoms with Crippen LogP contribution in [-0.4, -0.2) is 63.5 Å². The van der Waals surface area contributed by atoms with Crippen molar-refractivity contribution in [3.05, 3.63) is 0 Å². The van der Waals surface area contributed by atoms with Crippen molar-refractivity contribution < 1.29 is 29.4 Å². The summed E-state index contributed by atoms with van der Waals surface area (Å²) in [4.78, 5) is 48.2. The second kappa shape index (κ2) is 11.5. The summed E-state index contributed by atoms with van der Waals surface area (Å²) in [6.45, 7) is 2.36. The van der Waals surface area contributed by atoms with E-state index in [4.69, 9.17) is 5.73 Å². The molecule has 1 aliphatic rings. The minimum Gasteiger partial charge on any atom is -0.480 e. The molecule has 0 aromatic rings. The number of rotatable bonds is 13. The number of hydrogen-bond donors (Lipinski definition) is 4. The molecule has 1 heterocycles. The van der Waals surface area contributed by atoms with Crippen molar-refractivity contribution in [1.29, 1.82) is 0 Å². The normalized spacial score (nSPS) is 18.9. The lowest BCUT2D eigenvalue weighted by molar-refractivity contribution is -0.150. The number of nitrogens with two attached hydrogens (primary N) is 1. The van der Waals surface area contributed by atoms with Crippen molar-refractivity contribution in [3.63, 3.8) is 0 Å². The highest BCUT2D eigenvalue weighted by Crippen LogP contribution is 2.20. The average molecular weight is 385 g/mol. The van der Waals surface area contributed by atoms with Gasteiger partial charge in [-0.3, -0.25) is 19.7 Å². The van der Waals surface area contributed by atoms with Gasteiger partial charge in [0.15, 0.2) is 0 Å². The lowest BCUT2D eigenvalue weighted by Crippen LogP contribution is -2.54. The van der Waals surface area contributed by atoms with Gasteiger partial charge in [0.25, 0.3) is 0 Å². The SMILES string of the molecule is CCCCCC[C@H](N[C@@H](CCC(N)=O)C(=O)N1CCC[C@H]1C(=O)O)C(=O)O. The summed E-state index contributed by atoms with van der Waals surface area (Å²) in [6.07, 6.45) is 4.88. The molecular weight excluding hydrogens is 354 g/mol. The first-order chi connectivity index (χ1) is 12.8. The van der Waals surface area contributed by atoms with Crippen molar-refractivity contribution in [3.8, 4) is 0 Å². The highest BCUT2D eigenvalue weighted by molar-refractivity contribution is 5.88. The van der Waals surface area contributed by atoms with Crippen LogP contribution >= 0.6 is 0 Å². The maximum absolute atomic E-state index is 12.9. The number of carbonyl (C=O) groups is 4. The molecule has 9 nitrogen and oxygen atoms in total. The molecule has 9 heteroatoms. The molecule has 0 saturated carbocycles. The number of primary amides is 1. The molecule has 27 heavy (non-hydrogen) atoms. The maximum atomic E-state index is 12.9. The molecule has 3 atom stereocenters. The van der Waals surface area contributed by atoms with Gasteiger partial charge in [-0.2, -0.15) is 0 Å². The van der Waals surface area contributed by atoms with E-state index >= 15 is 0 Å². The minimum absolute atomic E-state index is 0.0374. The van der Waals surface area contributed by atoms with Gasteiger partial charge in [0.2, 0.25) is 11.8 Å². The minimum atomic E-state index is -1.08. The Labute approximate surface area is 159 Å². The fourth-order valence-corrected chi connectivity index (χ4v) is 3.35. The van der Waals surface area contributed by atoms with Gasteiger partial charge in [-0.25, -0.2) is 4.79 Å². The number of nitrogens with zero attached hydrogens (tertiary/aromatic N) is 1. The third kappa shape index (κ3) is 7.54. The zero-order valence-corrected chi connectivity index (χ0v) is 15.9. The van der Waals surface area contributed by atoms with Gasteiger partial charge in [0.1, 0.15) is 12.1 Å². The molecule has 0 unspecified atom stereocenters. The van der Waals surface area contributed by atoms with Gasteiger partial charge < -0.3 is 20.8 Å². The molecule has 1 aliphatic heterocycles. The fraction of sp³-hybridized carbons (Fsp3) is 0.778. The molecule has 0 radical (unpaired) electrons. The summed E-state index contributed by atoms with van der Waals surface area (Å²) in [5.74, 6) is -3.23. The fourth-order valence-electron chi connectivity index (χ4n) is 3.35. The summed E-state index contributed by atoms with van der Waals surface area (Å²) >= 11 is 0. The number of carbonyl (C=O) groups excluding carboxylic acids is 2. The highest BCUT2D eigenvalue weighted by atomic mass is 16.4. The molecule has 5 N–H and O–H groups in total. The van der Waals surface area contributed by atoms with Crippen molar-refractivity contribution >= 4 is 23.8 Å². The number of carboxylic acids is 2. The standard InChI is InChI=1S/C18H31N3O6/c1-2-3-4-5-7-13(17(24)25)20-12(9-10-15(19)22)16(23)21-11-6-8-14(21)18(26)27/h12-14,20H,2-11H2,1H3,(H2,19,22)(H,24,25)(H,26,27)/t12-,13-,14-/m0/s1. The summed E-state index contributed by atoms with van der Waals surface area (Å²) in [5.41, 5.74) is 5.17. The molecule has 0 aliphatic carbocycles. The molecule has 0 aromatic carbocycles. The van der Waals surface area contributed by atoms with E-state index in [-0.39, 0.29) is 12.8 Å². The number of carboxylic acid groups (broad SMARTS) is 2. The number of nitrogens with one attached hydrogen (secondary N) is 1. The molecule has 1 rings (SSSR count). The van der Waals surface area contributed by atoms with Gasteiger partial charge in [0.05, 0.1) is 6.04 Å². The van der Waals surface area contributed by atoms with Crippen LogP contribution in [0.15, 0.2) is 0 Å². The van der Waals surface area contributed by atoms with E-state index in [9.17, 15) is 29.4 Å². The lowest BCUT2D eigenvalue weighted by Gasteiger charge is -2.29. The Hall–Kier alpha value is -2.16. The van der Waals surface area contributed by atoms with Crippen LogP contribution in [0.2, 0.25) is 0 Å². The first-order valence-corrected chi connectivity index (χ1v) is 9.58. The van der Waals surface area contributed by atoms with Crippen LogP contribution in [0, 0.1) is 0 Å². The smallest absolute Gasteiger partial charge is 0.326 e. The Kier molecular flexibility index (Phi) is 9.77. The van der Waals surface area contributed by atoms with Crippen molar-refractivity contribution in [2.24, 2.45) is 5.73 Å². The van der Waals surface area contributed by atoms with E-state index in [2.05, 4.69) is 12.2 Å². The van der Waals surface area contributed by atoms with Gasteiger partial charge in [-0.15, -0.1) is 0 Å². The van der Waals surface area contributed by atoms with E-state index in [1.54, 1.807) is 0 Å². The maximum Gasteiger partial charge on any atom is 0.326 e. The van der Waals surface area contributed by atoms with Crippen LogP contribution in [0.1, 0.15) is 64.7 Å². The Morgan fingerprint density at radius 2 is 1.81 bits per heavy atom. The first kappa shape index (κ1) is 22.9. The van der Waals surface area contributed by atoms with Crippen molar-refractivity contribution in [2.75, 3.05) is 6.54 Å². The van der Waals surface area contributed by atoms with E-state index in [1.807, 2.05) is 0 Å². The highest BCUT2D eigenvalue weighted by Gasteiger charge is 2.38. The van der Waals surface area contributed by atoms with Crippen LogP contribution < -0.4 is 11.1 Å². The van der Waals surface area contributed by atoms with E-state index in [0.717, 1.165) is 19.3 Å². The number of aliphatic carboxylic acids is 2. The van der Waals surface area contributed by atoms with E-state index < -0.39 is 41.9 Å². The second-order valence-corrected chi connectivity index (χ2v) is 6.99. The predicted octanol–water partition coefficient (Wildman–Crippen LogP) is 0.709. The molecular formula is C18H31N3O6. The quantitative estimate of drug-likeness (QED) is 0.341. The molecule has 0 aromatic heterocycles. The van der Waals surface area contributed by atoms with E-state index in [0.29, 0.717) is 32.2 Å². The first-order valence-electron chi connectivity index (χ1n) is 9.58. The van der Waals surface area contributed by atoms with Crippen LogP contribution in [-0.2, 0) is 19.2 Å². The molecule has 0 bridgehead atoms. The van der Waals surface area contributed by atoms with Crippen LogP contribution in [0.25, 0.3) is 0 Å². The summed E-state index contributed by atoms with van der Waals surface area (Å²) in [6, 6.07) is -2.80. The van der Waals surface area contributed by atoms with Gasteiger partial charge in [0, 0.05) is 13.0 Å². The van der Waals surface area contributed by atoms with Gasteiger partial charge in [-0.05, 0) is 25.7 Å². The Morgan fingerprint density at radius 1 is 1.11 bits per heavy atom. The van der Waals surface area contributed by atoms with Crippen LogP contribution in [0.5, 0.6) is 0 Å². The Bertz CT molecular complexity index is 539. The zero-order valence-electron chi connectivity index (χ0n) is 15.9. The van der Waals surface area contributed by atoms with Gasteiger partial charge in [-0.1, -0.05) is 32.6 Å². The van der Waals surface area contributed by atoms with Crippen LogP contribution in [0.4, 0.5) is 0 Å². The van der Waals surface area contributed by atoms with Crippen molar-refractivity contribution in [1.82, 2.24) is 10.2 Å². The number of unbranched alkanes of at least 4 members (excludes halogenated alkanes) is 3. The monoisotopic (exact) mass is 385 g/mol. The van der Waals surface area contributed by atoms with Crippen LogP contribution in [0.3, 0.4) is 0 Å². The third-order valence-electron chi connectivity index (χ3n) is 4.85. The van der Waals surface area contributed by atoms with E-state index in [1.165, 1.54) is 4.90 Å². The summed E-state index contributed by atoms with van der Waals surface area (Å²) in [7, 11) is 0. The largest absolute Gasteiger partial charge is 0.480 e.